The van der Waals surface area contributed by atoms with E-state index in [2.05, 4.69) is 15.3 Å². The quantitative estimate of drug-likeness (QED) is 0.684. The van der Waals surface area contributed by atoms with Crippen molar-refractivity contribution in [2.45, 2.75) is 19.8 Å². The van der Waals surface area contributed by atoms with Crippen LogP contribution in [0.1, 0.15) is 25.5 Å². The molecule has 1 rings (SSSR count). The first-order valence-corrected chi connectivity index (χ1v) is 4.83. The van der Waals surface area contributed by atoms with Gasteiger partial charge >= 0.3 is 0 Å². The summed E-state index contributed by atoms with van der Waals surface area (Å²) in [5.41, 5.74) is 11.1. The summed E-state index contributed by atoms with van der Waals surface area (Å²) < 4.78 is 13.7. The number of hydrogen-bond donors (Lipinski definition) is 3. The van der Waals surface area contributed by atoms with E-state index in [0.29, 0.717) is 18.8 Å². The molecular weight excluding hydrogens is 197 g/mol. The molecule has 1 aromatic rings. The lowest BCUT2D eigenvalue weighted by molar-refractivity contribution is 0.581. The fourth-order valence-corrected chi connectivity index (χ4v) is 1.17. The lowest BCUT2D eigenvalue weighted by Gasteiger charge is -2.11. The maximum absolute atomic E-state index is 13.7. The Morgan fingerprint density at radius 2 is 2.07 bits per heavy atom. The minimum atomic E-state index is -0.451. The second-order valence-corrected chi connectivity index (χ2v) is 3.50. The molecule has 0 radical (unpaired) electrons. The van der Waals surface area contributed by atoms with Crippen molar-refractivity contribution in [2.75, 3.05) is 24.1 Å². The zero-order valence-electron chi connectivity index (χ0n) is 8.92. The summed E-state index contributed by atoms with van der Waals surface area (Å²) >= 11 is 0. The highest BCUT2D eigenvalue weighted by atomic mass is 19.1. The molecule has 5 nitrogen and oxygen atoms in total. The van der Waals surface area contributed by atoms with Gasteiger partial charge in [-0.3, -0.25) is 0 Å². The summed E-state index contributed by atoms with van der Waals surface area (Å²) in [7, 11) is 0. The van der Waals surface area contributed by atoms with E-state index in [1.165, 1.54) is 0 Å². The molecule has 0 saturated carbocycles. The Morgan fingerprint density at radius 3 is 2.60 bits per heavy atom. The Bertz CT molecular complexity index is 340. The lowest BCUT2D eigenvalue weighted by atomic mass is 10.1. The van der Waals surface area contributed by atoms with Crippen LogP contribution in [0.25, 0.3) is 0 Å². The highest BCUT2D eigenvalue weighted by molar-refractivity contribution is 5.43. The minimum absolute atomic E-state index is 0.0336. The molecule has 15 heavy (non-hydrogen) atoms. The first-order valence-electron chi connectivity index (χ1n) is 4.83. The van der Waals surface area contributed by atoms with Crippen LogP contribution in [0, 0.1) is 5.82 Å². The molecule has 0 amide bonds. The normalized spacial score (nSPS) is 10.7. The summed E-state index contributed by atoms with van der Waals surface area (Å²) in [6.07, 6.45) is 0. The predicted molar refractivity (Wildman–Crippen MR) is 58.0 cm³/mol. The van der Waals surface area contributed by atoms with Crippen LogP contribution >= 0.6 is 0 Å². The molecule has 0 atom stereocenters. The Morgan fingerprint density at radius 1 is 1.40 bits per heavy atom. The van der Waals surface area contributed by atoms with Crippen molar-refractivity contribution in [3.05, 3.63) is 11.5 Å². The number of nitrogens with two attached hydrogens (primary N) is 2. The van der Waals surface area contributed by atoms with Gasteiger partial charge in [0.25, 0.3) is 0 Å². The largest absolute Gasteiger partial charge is 0.368 e. The van der Waals surface area contributed by atoms with Gasteiger partial charge < -0.3 is 16.8 Å². The van der Waals surface area contributed by atoms with E-state index in [-0.39, 0.29) is 17.7 Å². The van der Waals surface area contributed by atoms with Crippen LogP contribution in [0.5, 0.6) is 0 Å². The number of aromatic nitrogens is 2. The molecule has 1 aromatic heterocycles. The van der Waals surface area contributed by atoms with Gasteiger partial charge in [-0.1, -0.05) is 13.8 Å². The van der Waals surface area contributed by atoms with Crippen molar-refractivity contribution < 1.29 is 4.39 Å². The van der Waals surface area contributed by atoms with Gasteiger partial charge in [-0.05, 0) is 5.92 Å². The van der Waals surface area contributed by atoms with Crippen molar-refractivity contribution in [1.29, 1.82) is 0 Å². The average Bonchev–Trinajstić information content (AvgIpc) is 2.18. The van der Waals surface area contributed by atoms with Crippen LogP contribution in [-0.4, -0.2) is 23.1 Å². The minimum Gasteiger partial charge on any atom is -0.368 e. The fraction of sp³-hybridized carbons (Fsp3) is 0.556. The van der Waals surface area contributed by atoms with Crippen molar-refractivity contribution in [3.8, 4) is 0 Å². The number of halogens is 1. The number of hydrogen-bond acceptors (Lipinski definition) is 5. The molecule has 6 heteroatoms. The van der Waals surface area contributed by atoms with Crippen LogP contribution in [0.15, 0.2) is 0 Å². The molecule has 84 valence electrons. The monoisotopic (exact) mass is 213 g/mol. The Kier molecular flexibility index (Phi) is 3.79. The van der Waals surface area contributed by atoms with Gasteiger partial charge in [-0.15, -0.1) is 0 Å². The number of rotatable bonds is 4. The molecule has 0 aromatic carbocycles. The third kappa shape index (κ3) is 2.76. The first-order chi connectivity index (χ1) is 7.06. The van der Waals surface area contributed by atoms with Crippen molar-refractivity contribution in [1.82, 2.24) is 9.97 Å². The van der Waals surface area contributed by atoms with E-state index in [4.69, 9.17) is 11.5 Å². The molecule has 5 N–H and O–H groups in total. The SMILES string of the molecule is CC(C)c1nc(N)nc(NCCN)c1F. The van der Waals surface area contributed by atoms with Crippen LogP contribution in [-0.2, 0) is 0 Å². The molecule has 0 aliphatic rings. The molecule has 0 aliphatic heterocycles. The molecule has 0 unspecified atom stereocenters. The highest BCUT2D eigenvalue weighted by Gasteiger charge is 2.15. The summed E-state index contributed by atoms with van der Waals surface area (Å²) in [5, 5.41) is 2.77. The second-order valence-electron chi connectivity index (χ2n) is 3.50. The molecule has 1 heterocycles. The Labute approximate surface area is 88.1 Å². The molecule has 0 fully saturated rings. The van der Waals surface area contributed by atoms with Gasteiger partial charge in [0.05, 0.1) is 5.69 Å². The summed E-state index contributed by atoms with van der Waals surface area (Å²) in [6.45, 7) is 4.54. The molecule has 0 saturated heterocycles. The Hall–Kier alpha value is -1.43. The number of nitrogen functional groups attached to an aromatic ring is 1. The van der Waals surface area contributed by atoms with Crippen LogP contribution in [0.3, 0.4) is 0 Å². The third-order valence-electron chi connectivity index (χ3n) is 1.88. The number of anilines is 2. The van der Waals surface area contributed by atoms with Gasteiger partial charge in [0, 0.05) is 13.1 Å². The van der Waals surface area contributed by atoms with E-state index in [1.807, 2.05) is 13.8 Å². The van der Waals surface area contributed by atoms with E-state index in [0.717, 1.165) is 0 Å². The molecule has 0 aliphatic carbocycles. The fourth-order valence-electron chi connectivity index (χ4n) is 1.17. The average molecular weight is 213 g/mol. The Balaban J connectivity index is 3.05. The van der Waals surface area contributed by atoms with Gasteiger partial charge in [-0.25, -0.2) is 9.37 Å². The molecular formula is C9H16FN5. The molecule has 0 spiro atoms. The van der Waals surface area contributed by atoms with Crippen molar-refractivity contribution in [2.24, 2.45) is 5.73 Å². The standard InChI is InChI=1S/C9H16FN5/c1-5(2)7-6(10)8(13-4-3-11)15-9(12)14-7/h5H,3-4,11H2,1-2H3,(H3,12,13,14,15). The number of nitrogens with zero attached hydrogens (tertiary/aromatic N) is 2. The third-order valence-corrected chi connectivity index (χ3v) is 1.88. The maximum atomic E-state index is 13.7. The van der Waals surface area contributed by atoms with Gasteiger partial charge in [0.1, 0.15) is 0 Å². The van der Waals surface area contributed by atoms with Crippen LogP contribution in [0.4, 0.5) is 16.2 Å². The number of nitrogens with one attached hydrogen (secondary N) is 1. The van der Waals surface area contributed by atoms with E-state index < -0.39 is 5.82 Å². The van der Waals surface area contributed by atoms with Gasteiger partial charge in [0.2, 0.25) is 5.95 Å². The zero-order chi connectivity index (χ0) is 11.4. The first kappa shape index (κ1) is 11.6. The smallest absolute Gasteiger partial charge is 0.222 e. The van der Waals surface area contributed by atoms with E-state index >= 15 is 0 Å². The van der Waals surface area contributed by atoms with Gasteiger partial charge in [-0.2, -0.15) is 4.98 Å². The summed E-state index contributed by atoms with van der Waals surface area (Å²) in [4.78, 5) is 7.64. The predicted octanol–water partition coefficient (Wildman–Crippen LogP) is 0.692. The summed E-state index contributed by atoms with van der Waals surface area (Å²) in [6, 6.07) is 0. The van der Waals surface area contributed by atoms with Crippen molar-refractivity contribution in [3.63, 3.8) is 0 Å². The van der Waals surface area contributed by atoms with E-state index in [9.17, 15) is 4.39 Å². The second kappa shape index (κ2) is 4.88. The van der Waals surface area contributed by atoms with Crippen molar-refractivity contribution >= 4 is 11.8 Å². The van der Waals surface area contributed by atoms with E-state index in [1.54, 1.807) is 0 Å². The maximum Gasteiger partial charge on any atom is 0.222 e. The summed E-state index contributed by atoms with van der Waals surface area (Å²) in [5.74, 6) is -0.294. The van der Waals surface area contributed by atoms with Crippen LogP contribution in [0.2, 0.25) is 0 Å². The zero-order valence-corrected chi connectivity index (χ0v) is 8.92. The molecule has 0 bridgehead atoms. The lowest BCUT2D eigenvalue weighted by Crippen LogP contribution is -2.17. The topological polar surface area (TPSA) is 89.8 Å². The van der Waals surface area contributed by atoms with Crippen LogP contribution < -0.4 is 16.8 Å². The highest BCUT2D eigenvalue weighted by Crippen LogP contribution is 2.21. The van der Waals surface area contributed by atoms with Gasteiger partial charge in [0.15, 0.2) is 11.6 Å².